The predicted molar refractivity (Wildman–Crippen MR) is 150 cm³/mol. The number of benzene rings is 3. The zero-order chi connectivity index (χ0) is 26.4. The number of nitrogens with zero attached hydrogens (tertiary/aromatic N) is 1. The molecule has 3 aromatic carbocycles. The van der Waals surface area contributed by atoms with Crippen molar-refractivity contribution in [1.82, 2.24) is 0 Å². The van der Waals surface area contributed by atoms with Crippen molar-refractivity contribution in [1.29, 1.82) is 5.26 Å². The molecule has 0 aliphatic carbocycles. The molecule has 6 nitrogen and oxygen atoms in total. The summed E-state index contributed by atoms with van der Waals surface area (Å²) in [5.74, 6) is -0.457. The van der Waals surface area contributed by atoms with Crippen molar-refractivity contribution in [2.75, 3.05) is 17.2 Å². The fourth-order valence-corrected chi connectivity index (χ4v) is 4.83. The lowest BCUT2D eigenvalue weighted by Gasteiger charge is -2.12. The lowest BCUT2D eigenvalue weighted by Crippen LogP contribution is -2.20. The summed E-state index contributed by atoms with van der Waals surface area (Å²) in [6.45, 7) is 5.50. The summed E-state index contributed by atoms with van der Waals surface area (Å²) in [7, 11) is 0. The molecule has 0 atom stereocenters. The number of nitriles is 1. The summed E-state index contributed by atoms with van der Waals surface area (Å²) in [5.41, 5.74) is 4.64. The molecule has 36 heavy (non-hydrogen) atoms. The van der Waals surface area contributed by atoms with Crippen LogP contribution in [0.15, 0.2) is 63.0 Å². The summed E-state index contributed by atoms with van der Waals surface area (Å²) in [6.07, 6.45) is 1.48. The Bertz CT molecular complexity index is 1390. The van der Waals surface area contributed by atoms with Crippen LogP contribution in [0, 0.1) is 32.1 Å². The molecule has 9 heteroatoms. The lowest BCUT2D eigenvalue weighted by molar-refractivity contribution is -0.118. The molecule has 0 saturated carbocycles. The molecule has 184 valence electrons. The normalized spacial score (nSPS) is 11.0. The molecule has 3 rings (SSSR count). The highest BCUT2D eigenvalue weighted by atomic mass is 79.9. The first-order chi connectivity index (χ1) is 17.1. The number of carbonyl (C=O) groups is 2. The van der Waals surface area contributed by atoms with E-state index in [0.717, 1.165) is 16.7 Å². The average Bonchev–Trinajstić information content (AvgIpc) is 2.82. The second-order valence-electron chi connectivity index (χ2n) is 7.99. The first kappa shape index (κ1) is 27.5. The first-order valence-corrected chi connectivity index (χ1v) is 12.7. The van der Waals surface area contributed by atoms with Crippen molar-refractivity contribution in [2.24, 2.45) is 0 Å². The summed E-state index contributed by atoms with van der Waals surface area (Å²) >= 11 is 13.0. The Hall–Kier alpha value is -3.12. The topological polar surface area (TPSA) is 91.2 Å². The molecule has 0 aliphatic rings. The number of nitrogens with one attached hydrogen (secondary N) is 2. The van der Waals surface area contributed by atoms with Crippen LogP contribution in [0.1, 0.15) is 22.3 Å². The van der Waals surface area contributed by atoms with Crippen molar-refractivity contribution in [2.45, 2.75) is 20.8 Å². The van der Waals surface area contributed by atoms with E-state index in [9.17, 15) is 14.9 Å². The van der Waals surface area contributed by atoms with Crippen molar-refractivity contribution in [3.63, 3.8) is 0 Å². The fourth-order valence-electron chi connectivity index (χ4n) is 3.20. The Morgan fingerprint density at radius 1 is 1.03 bits per heavy atom. The number of ether oxygens (including phenoxy) is 1. The SMILES string of the molecule is Cc1ccc(NC(=O)COc2c(Br)cc(/C=C(/C#N)C(=O)Nc3cccc(C)c3C)cc2Br)cc1Cl. The summed E-state index contributed by atoms with van der Waals surface area (Å²) in [6, 6.07) is 16.2. The standard InChI is InChI=1S/C27H22Br2ClN3O3/c1-15-5-4-6-24(17(15)3)33-27(35)19(13-31)9-18-10-21(28)26(22(29)11-18)36-14-25(34)32-20-8-7-16(2)23(30)12-20/h4-12H,14H2,1-3H3,(H,32,34)(H,33,35)/b19-9-. The van der Waals surface area contributed by atoms with Crippen molar-refractivity contribution in [3.05, 3.63) is 90.3 Å². The van der Waals surface area contributed by atoms with Gasteiger partial charge in [-0.1, -0.05) is 29.8 Å². The van der Waals surface area contributed by atoms with Crippen molar-refractivity contribution in [3.8, 4) is 11.8 Å². The van der Waals surface area contributed by atoms with Gasteiger partial charge in [0.1, 0.15) is 17.4 Å². The molecule has 0 radical (unpaired) electrons. The largest absolute Gasteiger partial charge is 0.481 e. The van der Waals surface area contributed by atoms with Crippen LogP contribution in [-0.4, -0.2) is 18.4 Å². The third-order valence-electron chi connectivity index (χ3n) is 5.35. The van der Waals surface area contributed by atoms with Crippen molar-refractivity contribution < 1.29 is 14.3 Å². The van der Waals surface area contributed by atoms with Crippen LogP contribution in [0.3, 0.4) is 0 Å². The molecule has 0 spiro atoms. The monoisotopic (exact) mass is 629 g/mol. The van der Waals surface area contributed by atoms with Gasteiger partial charge in [0.15, 0.2) is 6.61 Å². The minimum atomic E-state index is -0.508. The van der Waals surface area contributed by atoms with Gasteiger partial charge in [-0.25, -0.2) is 0 Å². The highest BCUT2D eigenvalue weighted by Crippen LogP contribution is 2.35. The number of hydrogen-bond acceptors (Lipinski definition) is 4. The van der Waals surface area contributed by atoms with Gasteiger partial charge in [-0.15, -0.1) is 0 Å². The first-order valence-electron chi connectivity index (χ1n) is 10.8. The highest BCUT2D eigenvalue weighted by Gasteiger charge is 2.15. The van der Waals surface area contributed by atoms with Gasteiger partial charge in [0.2, 0.25) is 0 Å². The van der Waals surface area contributed by atoms with E-state index in [1.807, 2.05) is 45.0 Å². The number of carbonyl (C=O) groups excluding carboxylic acids is 2. The van der Waals surface area contributed by atoms with Gasteiger partial charge < -0.3 is 15.4 Å². The molecule has 0 saturated heterocycles. The number of anilines is 2. The number of rotatable bonds is 7. The molecule has 0 unspecified atom stereocenters. The van der Waals surface area contributed by atoms with Gasteiger partial charge in [-0.05, 0) is 111 Å². The lowest BCUT2D eigenvalue weighted by atomic mass is 10.1. The zero-order valence-corrected chi connectivity index (χ0v) is 23.6. The molecule has 0 aromatic heterocycles. The van der Waals surface area contributed by atoms with Crippen LogP contribution < -0.4 is 15.4 Å². The summed E-state index contributed by atoms with van der Waals surface area (Å²) in [4.78, 5) is 25.0. The Labute approximate surface area is 231 Å². The van der Waals surface area contributed by atoms with Gasteiger partial charge in [0.25, 0.3) is 11.8 Å². The molecule has 0 bridgehead atoms. The zero-order valence-electron chi connectivity index (χ0n) is 19.7. The highest BCUT2D eigenvalue weighted by molar-refractivity contribution is 9.11. The Morgan fingerprint density at radius 2 is 1.72 bits per heavy atom. The van der Waals surface area contributed by atoms with Gasteiger partial charge in [0.05, 0.1) is 8.95 Å². The Balaban J connectivity index is 1.71. The second-order valence-corrected chi connectivity index (χ2v) is 10.1. The van der Waals surface area contributed by atoms with E-state index in [2.05, 4.69) is 42.5 Å². The van der Waals surface area contributed by atoms with Gasteiger partial charge in [0, 0.05) is 16.4 Å². The molecular formula is C27H22Br2ClN3O3. The van der Waals surface area contributed by atoms with E-state index in [0.29, 0.717) is 36.7 Å². The van der Waals surface area contributed by atoms with Crippen molar-refractivity contribution >= 4 is 72.7 Å². The maximum Gasteiger partial charge on any atom is 0.266 e. The summed E-state index contributed by atoms with van der Waals surface area (Å²) in [5, 5.41) is 15.7. The maximum atomic E-state index is 12.7. The van der Waals surface area contributed by atoms with Gasteiger partial charge in [-0.2, -0.15) is 5.26 Å². The van der Waals surface area contributed by atoms with Crippen LogP contribution >= 0.6 is 43.5 Å². The number of hydrogen-bond donors (Lipinski definition) is 2. The molecule has 2 N–H and O–H groups in total. The predicted octanol–water partition coefficient (Wildman–Crippen LogP) is 7.35. The quantitative estimate of drug-likeness (QED) is 0.211. The van der Waals surface area contributed by atoms with E-state index >= 15 is 0 Å². The third-order valence-corrected chi connectivity index (χ3v) is 6.94. The van der Waals surface area contributed by atoms with Crippen LogP contribution in [0.25, 0.3) is 6.08 Å². The van der Waals surface area contributed by atoms with E-state index in [1.54, 1.807) is 30.3 Å². The maximum absolute atomic E-state index is 12.7. The third kappa shape index (κ3) is 6.97. The molecule has 2 amide bonds. The average molecular weight is 632 g/mol. The van der Waals surface area contributed by atoms with E-state index in [-0.39, 0.29) is 18.1 Å². The van der Waals surface area contributed by atoms with E-state index in [1.165, 1.54) is 6.08 Å². The van der Waals surface area contributed by atoms with E-state index in [4.69, 9.17) is 16.3 Å². The van der Waals surface area contributed by atoms with Crippen LogP contribution in [0.5, 0.6) is 5.75 Å². The van der Waals surface area contributed by atoms with Crippen LogP contribution in [0.4, 0.5) is 11.4 Å². The van der Waals surface area contributed by atoms with Gasteiger partial charge in [-0.3, -0.25) is 9.59 Å². The van der Waals surface area contributed by atoms with Gasteiger partial charge >= 0.3 is 0 Å². The number of amides is 2. The fraction of sp³-hybridized carbons (Fsp3) is 0.148. The van der Waals surface area contributed by atoms with Crippen LogP contribution in [0.2, 0.25) is 5.02 Å². The Kier molecular flexibility index (Phi) is 9.32. The second kappa shape index (κ2) is 12.2. The minimum Gasteiger partial charge on any atom is -0.481 e. The minimum absolute atomic E-state index is 0.0560. The molecular weight excluding hydrogens is 610 g/mol. The Morgan fingerprint density at radius 3 is 2.36 bits per heavy atom. The molecule has 3 aromatic rings. The molecule has 0 heterocycles. The summed E-state index contributed by atoms with van der Waals surface area (Å²) < 4.78 is 6.78. The number of aryl methyl sites for hydroxylation is 2. The molecule has 0 fully saturated rings. The van der Waals surface area contributed by atoms with Crippen LogP contribution in [-0.2, 0) is 9.59 Å². The molecule has 0 aliphatic heterocycles. The van der Waals surface area contributed by atoms with E-state index < -0.39 is 5.91 Å². The number of halogens is 3. The smallest absolute Gasteiger partial charge is 0.266 e.